The van der Waals surface area contributed by atoms with Gasteiger partial charge in [0.2, 0.25) is 0 Å². The van der Waals surface area contributed by atoms with Gasteiger partial charge < -0.3 is 14.6 Å². The molecule has 0 radical (unpaired) electrons. The SMILES string of the molecule is C=c1/c(=C\C=C(/C)C(=O)O)c(C2CCCCC2)c(-c2ccccc2C2CC(N(C)C)CC2C)n1C. The lowest BCUT2D eigenvalue weighted by Crippen LogP contribution is -2.28. The van der Waals surface area contributed by atoms with Gasteiger partial charge in [-0.2, -0.15) is 0 Å². The summed E-state index contributed by atoms with van der Waals surface area (Å²) in [5, 5.41) is 11.5. The van der Waals surface area contributed by atoms with Gasteiger partial charge >= 0.3 is 5.97 Å². The summed E-state index contributed by atoms with van der Waals surface area (Å²) in [6.07, 6.45) is 12.3. The highest BCUT2D eigenvalue weighted by atomic mass is 16.4. The minimum absolute atomic E-state index is 0.347. The molecule has 1 aromatic carbocycles. The number of hydrogen-bond donors (Lipinski definition) is 1. The maximum absolute atomic E-state index is 11.5. The fourth-order valence-electron chi connectivity index (χ4n) is 6.48. The molecule has 3 unspecified atom stereocenters. The maximum atomic E-state index is 11.5. The van der Waals surface area contributed by atoms with Crippen molar-refractivity contribution >= 4 is 18.6 Å². The molecule has 2 aliphatic rings. The second kappa shape index (κ2) is 10.6. The molecule has 0 bridgehead atoms. The Hall–Kier alpha value is -2.59. The van der Waals surface area contributed by atoms with Crippen molar-refractivity contribution in [2.45, 2.75) is 76.7 Å². The van der Waals surface area contributed by atoms with Crippen LogP contribution < -0.4 is 10.6 Å². The standard InChI is InChI=1S/C31H42N2O2/c1-20(31(34)35)16-17-25-22(3)33(6)30(29(25)23-12-8-7-9-13-23)27-15-11-10-14-26(27)28-19-24(32(4)5)18-21(28)2/h10-11,14-17,21,23-24,28H,3,7-9,12-13,18-19H2,1-2,4-6H3,(H,34,35)/b20-16+,25-17+. The molecule has 4 heteroatoms. The average Bonchev–Trinajstić information content (AvgIpc) is 3.35. The molecule has 2 saturated carbocycles. The second-order valence-electron chi connectivity index (χ2n) is 11.1. The number of aromatic nitrogens is 1. The fraction of sp³-hybridized carbons (Fsp3) is 0.516. The van der Waals surface area contributed by atoms with Crippen LogP contribution in [0.3, 0.4) is 0 Å². The summed E-state index contributed by atoms with van der Waals surface area (Å²) >= 11 is 0. The molecule has 4 nitrogen and oxygen atoms in total. The van der Waals surface area contributed by atoms with E-state index in [2.05, 4.69) is 68.4 Å². The van der Waals surface area contributed by atoms with Crippen molar-refractivity contribution in [2.75, 3.05) is 14.1 Å². The predicted octanol–water partition coefficient (Wildman–Crippen LogP) is 5.41. The molecule has 188 valence electrons. The highest BCUT2D eigenvalue weighted by Crippen LogP contribution is 2.45. The highest BCUT2D eigenvalue weighted by molar-refractivity contribution is 5.87. The van der Waals surface area contributed by atoms with E-state index in [1.807, 2.05) is 6.08 Å². The van der Waals surface area contributed by atoms with E-state index in [4.69, 9.17) is 0 Å². The van der Waals surface area contributed by atoms with Crippen molar-refractivity contribution in [1.29, 1.82) is 0 Å². The number of aliphatic carboxylic acids is 1. The zero-order chi connectivity index (χ0) is 25.3. The molecular weight excluding hydrogens is 432 g/mol. The van der Waals surface area contributed by atoms with Crippen molar-refractivity contribution in [2.24, 2.45) is 13.0 Å². The van der Waals surface area contributed by atoms with Crippen molar-refractivity contribution in [3.05, 3.63) is 57.6 Å². The number of rotatable bonds is 6. The summed E-state index contributed by atoms with van der Waals surface area (Å²) in [6, 6.07) is 9.61. The molecule has 2 aromatic rings. The Morgan fingerprint density at radius 1 is 1.14 bits per heavy atom. The monoisotopic (exact) mass is 474 g/mol. The molecule has 0 aliphatic heterocycles. The van der Waals surface area contributed by atoms with Crippen molar-refractivity contribution < 1.29 is 9.90 Å². The Labute approximate surface area is 210 Å². The highest BCUT2D eigenvalue weighted by Gasteiger charge is 2.35. The molecule has 0 spiro atoms. The third-order valence-electron chi connectivity index (χ3n) is 8.65. The van der Waals surface area contributed by atoms with Crippen LogP contribution in [0.4, 0.5) is 0 Å². The summed E-state index contributed by atoms with van der Waals surface area (Å²) in [7, 11) is 6.54. The van der Waals surface area contributed by atoms with Gasteiger partial charge in [-0.3, -0.25) is 0 Å². The lowest BCUT2D eigenvalue weighted by molar-refractivity contribution is -0.132. The summed E-state index contributed by atoms with van der Waals surface area (Å²) < 4.78 is 2.27. The van der Waals surface area contributed by atoms with Gasteiger partial charge in [0.15, 0.2) is 0 Å². The molecule has 4 rings (SSSR count). The van der Waals surface area contributed by atoms with E-state index in [0.29, 0.717) is 29.4 Å². The Balaban J connectivity index is 1.93. The van der Waals surface area contributed by atoms with Crippen molar-refractivity contribution in [3.8, 4) is 11.3 Å². The van der Waals surface area contributed by atoms with Gasteiger partial charge in [0, 0.05) is 34.8 Å². The Kier molecular flexibility index (Phi) is 7.70. The molecule has 2 aliphatic carbocycles. The van der Waals surface area contributed by atoms with Crippen LogP contribution >= 0.6 is 0 Å². The van der Waals surface area contributed by atoms with Gasteiger partial charge in [0.25, 0.3) is 0 Å². The molecule has 1 N–H and O–H groups in total. The fourth-order valence-corrected chi connectivity index (χ4v) is 6.48. The molecular formula is C31H42N2O2. The number of hydrogen-bond acceptors (Lipinski definition) is 2. The summed E-state index contributed by atoms with van der Waals surface area (Å²) in [5.74, 6) is 0.767. The van der Waals surface area contributed by atoms with E-state index in [-0.39, 0.29) is 0 Å². The minimum atomic E-state index is -0.877. The smallest absolute Gasteiger partial charge is 0.331 e. The minimum Gasteiger partial charge on any atom is -0.478 e. The molecule has 3 atom stereocenters. The van der Waals surface area contributed by atoms with Crippen LogP contribution in [0.1, 0.15) is 81.8 Å². The molecule has 0 amide bonds. The number of carboxylic acid groups (broad SMARTS) is 1. The largest absolute Gasteiger partial charge is 0.478 e. The van der Waals surface area contributed by atoms with Crippen molar-refractivity contribution in [1.82, 2.24) is 9.47 Å². The first-order chi connectivity index (χ1) is 16.7. The zero-order valence-corrected chi connectivity index (χ0v) is 22.2. The van der Waals surface area contributed by atoms with Gasteiger partial charge in [-0.1, -0.05) is 69.2 Å². The summed E-state index contributed by atoms with van der Waals surface area (Å²) in [4.78, 5) is 13.9. The predicted molar refractivity (Wildman–Crippen MR) is 146 cm³/mol. The lowest BCUT2D eigenvalue weighted by atomic mass is 9.80. The Morgan fingerprint density at radius 2 is 1.83 bits per heavy atom. The average molecular weight is 475 g/mol. The van der Waals surface area contributed by atoms with Gasteiger partial charge in [-0.15, -0.1) is 0 Å². The van der Waals surface area contributed by atoms with E-state index < -0.39 is 5.97 Å². The van der Waals surface area contributed by atoms with Crippen molar-refractivity contribution in [3.63, 3.8) is 0 Å². The first-order valence-corrected chi connectivity index (χ1v) is 13.3. The first-order valence-electron chi connectivity index (χ1n) is 13.3. The van der Waals surface area contributed by atoms with Gasteiger partial charge in [0.05, 0.1) is 5.69 Å². The number of nitrogens with zero attached hydrogens (tertiary/aromatic N) is 2. The van der Waals surface area contributed by atoms with Crippen LogP contribution in [0, 0.1) is 5.92 Å². The number of carbonyl (C=O) groups is 1. The number of carboxylic acids is 1. The third-order valence-corrected chi connectivity index (χ3v) is 8.65. The Bertz CT molecular complexity index is 1210. The Morgan fingerprint density at radius 3 is 2.46 bits per heavy atom. The van der Waals surface area contributed by atoms with Crippen LogP contribution in [0.2, 0.25) is 0 Å². The first kappa shape index (κ1) is 25.5. The second-order valence-corrected chi connectivity index (χ2v) is 11.1. The molecule has 2 fully saturated rings. The topological polar surface area (TPSA) is 45.5 Å². The molecule has 1 aromatic heterocycles. The van der Waals surface area contributed by atoms with Crippen LogP contribution in [0.15, 0.2) is 35.9 Å². The molecule has 1 heterocycles. The van der Waals surface area contributed by atoms with Crippen LogP contribution in [-0.2, 0) is 11.8 Å². The zero-order valence-electron chi connectivity index (χ0n) is 22.2. The number of benzene rings is 1. The lowest BCUT2D eigenvalue weighted by Gasteiger charge is -2.26. The number of allylic oxidation sites excluding steroid dienone is 1. The van der Waals surface area contributed by atoms with Crippen LogP contribution in [0.25, 0.3) is 23.9 Å². The van der Waals surface area contributed by atoms with E-state index in [9.17, 15) is 9.90 Å². The van der Waals surface area contributed by atoms with E-state index in [0.717, 1.165) is 10.6 Å². The molecule has 35 heavy (non-hydrogen) atoms. The van der Waals surface area contributed by atoms with Gasteiger partial charge in [-0.25, -0.2) is 4.79 Å². The summed E-state index contributed by atoms with van der Waals surface area (Å²) in [6.45, 7) is 8.53. The summed E-state index contributed by atoms with van der Waals surface area (Å²) in [5.41, 5.74) is 5.78. The van der Waals surface area contributed by atoms with E-state index in [1.165, 1.54) is 67.3 Å². The van der Waals surface area contributed by atoms with Crippen LogP contribution in [-0.4, -0.2) is 40.7 Å². The third kappa shape index (κ3) is 5.04. The van der Waals surface area contributed by atoms with E-state index >= 15 is 0 Å². The maximum Gasteiger partial charge on any atom is 0.331 e. The van der Waals surface area contributed by atoms with Gasteiger partial charge in [0.1, 0.15) is 0 Å². The molecule has 0 saturated heterocycles. The van der Waals surface area contributed by atoms with Gasteiger partial charge in [-0.05, 0) is 75.6 Å². The normalized spacial score (nSPS) is 24.5. The van der Waals surface area contributed by atoms with E-state index in [1.54, 1.807) is 13.0 Å². The quantitative estimate of drug-likeness (QED) is 0.570. The van der Waals surface area contributed by atoms with Crippen LogP contribution in [0.5, 0.6) is 0 Å².